The number of non-ortho nitro benzene ring substituents is 1. The number of rotatable bonds is 5. The van der Waals surface area contributed by atoms with E-state index in [0.29, 0.717) is 0 Å². The van der Waals surface area contributed by atoms with Crippen LogP contribution in [0.2, 0.25) is 0 Å². The van der Waals surface area contributed by atoms with E-state index in [1.807, 2.05) is 0 Å². The van der Waals surface area contributed by atoms with E-state index in [1.165, 1.54) is 36.4 Å². The molecule has 0 heterocycles. The molecule has 2 N–H and O–H groups in total. The van der Waals surface area contributed by atoms with Crippen LogP contribution in [0, 0.1) is 20.2 Å². The summed E-state index contributed by atoms with van der Waals surface area (Å²) in [6.45, 7) is 0. The highest BCUT2D eigenvalue weighted by atomic mass is 16.6. The van der Waals surface area contributed by atoms with Crippen molar-refractivity contribution in [2.75, 3.05) is 0 Å². The average molecular weight is 344 g/mol. The lowest BCUT2D eigenvalue weighted by Crippen LogP contribution is -2.42. The molecule has 0 aliphatic rings. The molecule has 25 heavy (non-hydrogen) atoms. The van der Waals surface area contributed by atoms with Crippen LogP contribution in [0.3, 0.4) is 0 Å². The summed E-state index contributed by atoms with van der Waals surface area (Å²) in [7, 11) is 0. The Bertz CT molecular complexity index is 851. The summed E-state index contributed by atoms with van der Waals surface area (Å²) in [5.41, 5.74) is 3.92. The predicted molar refractivity (Wildman–Crippen MR) is 85.5 cm³/mol. The van der Waals surface area contributed by atoms with Crippen molar-refractivity contribution in [3.8, 4) is 0 Å². The normalized spacial score (nSPS) is 9.92. The second kappa shape index (κ2) is 7.64. The molecule has 128 valence electrons. The summed E-state index contributed by atoms with van der Waals surface area (Å²) in [6.07, 6.45) is -0.313. The lowest BCUT2D eigenvalue weighted by molar-refractivity contribution is -0.385. The number of nitrogens with one attached hydrogen (secondary N) is 2. The summed E-state index contributed by atoms with van der Waals surface area (Å²) >= 11 is 0. The third kappa shape index (κ3) is 4.58. The number of nitrogens with zero attached hydrogens (tertiary/aromatic N) is 2. The van der Waals surface area contributed by atoms with Crippen molar-refractivity contribution in [1.29, 1.82) is 0 Å². The Morgan fingerprint density at radius 2 is 1.64 bits per heavy atom. The molecule has 0 unspecified atom stereocenters. The Morgan fingerprint density at radius 1 is 0.920 bits per heavy atom. The summed E-state index contributed by atoms with van der Waals surface area (Å²) in [5, 5.41) is 21.6. The van der Waals surface area contributed by atoms with Gasteiger partial charge in [-0.3, -0.25) is 40.7 Å². The van der Waals surface area contributed by atoms with Gasteiger partial charge in [-0.1, -0.05) is 24.3 Å². The van der Waals surface area contributed by atoms with Crippen LogP contribution in [-0.2, 0) is 11.2 Å². The van der Waals surface area contributed by atoms with Gasteiger partial charge in [0, 0.05) is 29.3 Å². The van der Waals surface area contributed by atoms with Crippen molar-refractivity contribution in [3.63, 3.8) is 0 Å². The van der Waals surface area contributed by atoms with Gasteiger partial charge in [0.25, 0.3) is 17.3 Å². The standard InChI is InChI=1S/C15H12N4O6/c20-14(9-10-4-1-2-7-13(10)19(24)25)16-17-15(21)11-5-3-6-12(8-11)18(22)23/h1-8H,9H2,(H,16,20)(H,17,21). The molecule has 0 spiro atoms. The maximum atomic E-state index is 11.9. The molecular formula is C15H12N4O6. The highest BCUT2D eigenvalue weighted by Gasteiger charge is 2.16. The highest BCUT2D eigenvalue weighted by Crippen LogP contribution is 2.18. The fourth-order valence-corrected chi connectivity index (χ4v) is 2.01. The first kappa shape index (κ1) is 17.5. The minimum Gasteiger partial charge on any atom is -0.273 e. The number of amides is 2. The van der Waals surface area contributed by atoms with Gasteiger partial charge >= 0.3 is 0 Å². The number of nitro benzene ring substituents is 2. The molecule has 2 aromatic rings. The van der Waals surface area contributed by atoms with Crippen LogP contribution in [0.5, 0.6) is 0 Å². The zero-order chi connectivity index (χ0) is 18.4. The van der Waals surface area contributed by atoms with Crippen molar-refractivity contribution >= 4 is 23.2 Å². The molecule has 0 saturated heterocycles. The molecule has 0 radical (unpaired) electrons. The monoisotopic (exact) mass is 344 g/mol. The Morgan fingerprint density at radius 3 is 2.32 bits per heavy atom. The zero-order valence-corrected chi connectivity index (χ0v) is 12.7. The van der Waals surface area contributed by atoms with Crippen LogP contribution in [0.4, 0.5) is 11.4 Å². The Hall–Kier alpha value is -3.82. The second-order valence-corrected chi connectivity index (χ2v) is 4.87. The van der Waals surface area contributed by atoms with Gasteiger partial charge in [-0.15, -0.1) is 0 Å². The molecule has 0 saturated carbocycles. The fourth-order valence-electron chi connectivity index (χ4n) is 2.01. The summed E-state index contributed by atoms with van der Waals surface area (Å²) in [4.78, 5) is 44.1. The topological polar surface area (TPSA) is 144 Å². The Kier molecular flexibility index (Phi) is 5.36. The van der Waals surface area contributed by atoms with Crippen LogP contribution in [0.25, 0.3) is 0 Å². The molecule has 0 aliphatic heterocycles. The molecule has 2 rings (SSSR count). The SMILES string of the molecule is O=C(Cc1ccccc1[N+](=O)[O-])NNC(=O)c1cccc([N+](=O)[O-])c1. The number of hydrazine groups is 1. The van der Waals surface area contributed by atoms with Gasteiger partial charge in [0.15, 0.2) is 0 Å². The number of carbonyl (C=O) groups is 2. The van der Waals surface area contributed by atoms with Crippen LogP contribution in [0.15, 0.2) is 48.5 Å². The molecule has 0 aromatic heterocycles. The minimum absolute atomic E-state index is 0.0137. The quantitative estimate of drug-likeness (QED) is 0.621. The van der Waals surface area contributed by atoms with E-state index in [2.05, 4.69) is 10.9 Å². The molecule has 0 atom stereocenters. The second-order valence-electron chi connectivity index (χ2n) is 4.87. The summed E-state index contributed by atoms with van der Waals surface area (Å²) in [5.74, 6) is -1.42. The van der Waals surface area contributed by atoms with E-state index in [-0.39, 0.29) is 28.9 Å². The van der Waals surface area contributed by atoms with Gasteiger partial charge in [0.1, 0.15) is 0 Å². The number of nitro groups is 2. The first-order valence-corrected chi connectivity index (χ1v) is 6.94. The molecule has 2 aromatic carbocycles. The zero-order valence-electron chi connectivity index (χ0n) is 12.7. The Labute approximate surface area is 140 Å². The van der Waals surface area contributed by atoms with Gasteiger partial charge in [0.05, 0.1) is 16.3 Å². The average Bonchev–Trinajstić information content (AvgIpc) is 2.60. The van der Waals surface area contributed by atoms with Crippen LogP contribution < -0.4 is 10.9 Å². The lowest BCUT2D eigenvalue weighted by Gasteiger charge is -2.07. The minimum atomic E-state index is -0.750. The van der Waals surface area contributed by atoms with Gasteiger partial charge in [0.2, 0.25) is 5.91 Å². The molecule has 2 amide bonds. The molecule has 0 fully saturated rings. The van der Waals surface area contributed by atoms with E-state index in [0.717, 1.165) is 6.07 Å². The fraction of sp³-hybridized carbons (Fsp3) is 0.0667. The Balaban J connectivity index is 1.98. The van der Waals surface area contributed by atoms with Crippen molar-refractivity contribution in [2.24, 2.45) is 0 Å². The molecule has 0 bridgehead atoms. The van der Waals surface area contributed by atoms with Gasteiger partial charge < -0.3 is 0 Å². The number of carbonyl (C=O) groups excluding carboxylic acids is 2. The van der Waals surface area contributed by atoms with E-state index in [9.17, 15) is 29.8 Å². The van der Waals surface area contributed by atoms with Crippen molar-refractivity contribution in [2.45, 2.75) is 6.42 Å². The van der Waals surface area contributed by atoms with E-state index in [4.69, 9.17) is 0 Å². The smallest absolute Gasteiger partial charge is 0.273 e. The maximum Gasteiger partial charge on any atom is 0.273 e. The number of hydrogen-bond acceptors (Lipinski definition) is 6. The van der Waals surface area contributed by atoms with Gasteiger partial charge in [-0.25, -0.2) is 0 Å². The summed E-state index contributed by atoms with van der Waals surface area (Å²) in [6, 6.07) is 10.7. The number of benzene rings is 2. The van der Waals surface area contributed by atoms with Crippen LogP contribution in [0.1, 0.15) is 15.9 Å². The molecule has 0 aliphatic carbocycles. The van der Waals surface area contributed by atoms with Crippen LogP contribution >= 0.6 is 0 Å². The lowest BCUT2D eigenvalue weighted by atomic mass is 10.1. The van der Waals surface area contributed by atoms with E-state index >= 15 is 0 Å². The van der Waals surface area contributed by atoms with E-state index < -0.39 is 21.7 Å². The van der Waals surface area contributed by atoms with Crippen molar-refractivity contribution < 1.29 is 19.4 Å². The largest absolute Gasteiger partial charge is 0.273 e. The molecule has 10 heteroatoms. The molecule has 10 nitrogen and oxygen atoms in total. The summed E-state index contributed by atoms with van der Waals surface area (Å²) < 4.78 is 0. The van der Waals surface area contributed by atoms with Crippen LogP contribution in [-0.4, -0.2) is 21.7 Å². The number of para-hydroxylation sites is 1. The third-order valence-electron chi connectivity index (χ3n) is 3.17. The first-order valence-electron chi connectivity index (χ1n) is 6.94. The highest BCUT2D eigenvalue weighted by molar-refractivity contribution is 5.96. The predicted octanol–water partition coefficient (Wildman–Crippen LogP) is 1.51. The third-order valence-corrected chi connectivity index (χ3v) is 3.17. The maximum absolute atomic E-state index is 11.9. The first-order chi connectivity index (χ1) is 11.9. The van der Waals surface area contributed by atoms with Crippen molar-refractivity contribution in [1.82, 2.24) is 10.9 Å². The molecular weight excluding hydrogens is 332 g/mol. The van der Waals surface area contributed by atoms with Gasteiger partial charge in [-0.05, 0) is 6.07 Å². The number of hydrogen-bond donors (Lipinski definition) is 2. The van der Waals surface area contributed by atoms with Crippen molar-refractivity contribution in [3.05, 3.63) is 79.9 Å². The van der Waals surface area contributed by atoms with E-state index in [1.54, 1.807) is 6.07 Å². The van der Waals surface area contributed by atoms with Gasteiger partial charge in [-0.2, -0.15) is 0 Å².